The van der Waals surface area contributed by atoms with E-state index in [2.05, 4.69) is 25.8 Å². The first kappa shape index (κ1) is 26.3. The van der Waals surface area contributed by atoms with Crippen molar-refractivity contribution in [2.75, 3.05) is 42.4 Å². The molecule has 0 radical (unpaired) electrons. The second-order valence-electron chi connectivity index (χ2n) is 11.1. The first-order valence-electron chi connectivity index (χ1n) is 12.8. The van der Waals surface area contributed by atoms with Crippen molar-refractivity contribution in [1.29, 1.82) is 5.26 Å². The topological polar surface area (TPSA) is 123 Å². The Kier molecular flexibility index (Phi) is 6.33. The van der Waals surface area contributed by atoms with E-state index in [4.69, 9.17) is 4.98 Å². The molecule has 12 heteroatoms. The highest BCUT2D eigenvalue weighted by atomic mass is 32.2. The molecule has 0 N–H and O–H groups in total. The number of nitriles is 1. The molecule has 2 aromatic heterocycles. The number of fused-ring (bicyclic) bond motifs is 2. The fourth-order valence-electron chi connectivity index (χ4n) is 5.88. The summed E-state index contributed by atoms with van der Waals surface area (Å²) in [7, 11) is -3.96. The lowest BCUT2D eigenvalue weighted by molar-refractivity contribution is -0.137. The second kappa shape index (κ2) is 9.15. The van der Waals surface area contributed by atoms with E-state index in [1.807, 2.05) is 13.8 Å². The molecule has 2 fully saturated rings. The van der Waals surface area contributed by atoms with Gasteiger partial charge in [0.2, 0.25) is 5.91 Å². The molecule has 10 nitrogen and oxygen atoms in total. The summed E-state index contributed by atoms with van der Waals surface area (Å²) < 4.78 is 36.5. The predicted molar refractivity (Wildman–Crippen MR) is 141 cm³/mol. The summed E-state index contributed by atoms with van der Waals surface area (Å²) in [5.74, 6) is 1.54. The number of hydrogen-bond donors (Lipinski definition) is 0. The lowest BCUT2D eigenvalue weighted by Gasteiger charge is -2.48. The highest BCUT2D eigenvalue weighted by Crippen LogP contribution is 2.56. The van der Waals surface area contributed by atoms with Gasteiger partial charge < -0.3 is 14.7 Å². The Labute approximate surface area is 222 Å². The zero-order valence-corrected chi connectivity index (χ0v) is 22.9. The van der Waals surface area contributed by atoms with Crippen LogP contribution in [0.15, 0.2) is 24.7 Å². The number of nitrogens with zero attached hydrogens (tertiary/aromatic N) is 7. The van der Waals surface area contributed by atoms with Crippen molar-refractivity contribution in [3.63, 3.8) is 0 Å². The molecular formula is C26H32FN7O3S. The van der Waals surface area contributed by atoms with E-state index in [9.17, 15) is 22.9 Å². The van der Waals surface area contributed by atoms with Crippen molar-refractivity contribution in [3.05, 3.63) is 35.8 Å². The number of alkyl halides is 1. The zero-order valence-electron chi connectivity index (χ0n) is 22.1. The molecule has 202 valence electrons. The largest absolute Gasteiger partial charge is 0.350 e. The highest BCUT2D eigenvalue weighted by Gasteiger charge is 2.53. The molecule has 0 bridgehead atoms. The van der Waals surface area contributed by atoms with Crippen molar-refractivity contribution in [2.24, 2.45) is 0 Å². The van der Waals surface area contributed by atoms with Gasteiger partial charge in [0, 0.05) is 55.1 Å². The molecule has 1 saturated heterocycles. The highest BCUT2D eigenvalue weighted by molar-refractivity contribution is 7.92. The van der Waals surface area contributed by atoms with Crippen LogP contribution in [-0.2, 0) is 20.0 Å². The fourth-order valence-corrected chi connectivity index (χ4v) is 6.51. The van der Waals surface area contributed by atoms with Crippen LogP contribution in [0.5, 0.6) is 0 Å². The van der Waals surface area contributed by atoms with Crippen LogP contribution in [0.4, 0.5) is 21.8 Å². The monoisotopic (exact) mass is 541 g/mol. The van der Waals surface area contributed by atoms with Crippen LogP contribution in [0, 0.1) is 11.3 Å². The third-order valence-corrected chi connectivity index (χ3v) is 10.5. The minimum atomic E-state index is -3.96. The van der Waals surface area contributed by atoms with Crippen LogP contribution in [0.2, 0.25) is 0 Å². The third-order valence-electron chi connectivity index (χ3n) is 8.56. The van der Waals surface area contributed by atoms with E-state index in [-0.39, 0.29) is 24.0 Å². The normalized spacial score (nSPS) is 23.9. The number of carbonyl (C=O) groups excluding carboxylic acids is 1. The van der Waals surface area contributed by atoms with E-state index < -0.39 is 27.2 Å². The van der Waals surface area contributed by atoms with Crippen LogP contribution >= 0.6 is 0 Å². The number of rotatable bonds is 5. The van der Waals surface area contributed by atoms with Gasteiger partial charge in [0.15, 0.2) is 14.6 Å². The van der Waals surface area contributed by atoms with Gasteiger partial charge in [0.1, 0.15) is 30.5 Å². The number of amides is 1. The van der Waals surface area contributed by atoms with Gasteiger partial charge in [-0.15, -0.1) is 0 Å². The van der Waals surface area contributed by atoms with Crippen molar-refractivity contribution in [3.8, 4) is 6.07 Å². The maximum Gasteiger partial charge on any atom is 0.246 e. The zero-order chi connectivity index (χ0) is 27.5. The molecule has 1 aliphatic carbocycles. The van der Waals surface area contributed by atoms with Crippen LogP contribution in [0.3, 0.4) is 0 Å². The number of carbonyl (C=O) groups is 1. The predicted octanol–water partition coefficient (Wildman–Crippen LogP) is 2.52. The molecule has 3 aliphatic rings. The number of aromatic nitrogens is 3. The maximum absolute atomic E-state index is 13.9. The molecule has 1 saturated carbocycles. The number of pyridine rings is 1. The molecule has 0 unspecified atom stereocenters. The second-order valence-corrected chi connectivity index (χ2v) is 13.5. The van der Waals surface area contributed by atoms with Gasteiger partial charge >= 0.3 is 0 Å². The average molecular weight is 542 g/mol. The first-order valence-corrected chi connectivity index (χ1v) is 14.7. The molecular weight excluding hydrogens is 509 g/mol. The van der Waals surface area contributed by atoms with E-state index in [1.165, 1.54) is 11.2 Å². The smallest absolute Gasteiger partial charge is 0.246 e. The Bertz CT molecular complexity index is 1420. The van der Waals surface area contributed by atoms with Crippen molar-refractivity contribution < 1.29 is 17.6 Å². The minimum Gasteiger partial charge on any atom is -0.350 e. The van der Waals surface area contributed by atoms with Crippen molar-refractivity contribution in [2.45, 2.75) is 62.3 Å². The summed E-state index contributed by atoms with van der Waals surface area (Å²) >= 11 is 0. The van der Waals surface area contributed by atoms with Crippen LogP contribution in [0.1, 0.15) is 51.2 Å². The molecule has 2 aromatic rings. The molecule has 2 aliphatic heterocycles. The maximum atomic E-state index is 13.9. The van der Waals surface area contributed by atoms with Crippen LogP contribution in [0.25, 0.3) is 0 Å². The quantitative estimate of drug-likeness (QED) is 0.562. The summed E-state index contributed by atoms with van der Waals surface area (Å²) in [6.45, 7) is 5.06. The number of halogens is 1. The Hall–Kier alpha value is -3.33. The van der Waals surface area contributed by atoms with Gasteiger partial charge in [-0.05, 0) is 45.7 Å². The SMILES string of the molecule is C[C@@H]1CN(c2ncnc3c2C2(CCC2)CN3c2cc(C#N)ccn2)[C@@H](C)CN1C(=O)[C@@](C)(CF)S(C)(=O)=O. The van der Waals surface area contributed by atoms with Crippen LogP contribution in [-0.4, -0.2) is 83.6 Å². The third kappa shape index (κ3) is 3.90. The average Bonchev–Trinajstić information content (AvgIpc) is 3.25. The molecule has 5 rings (SSSR count). The van der Waals surface area contributed by atoms with Gasteiger partial charge in [-0.3, -0.25) is 4.79 Å². The van der Waals surface area contributed by atoms with E-state index >= 15 is 0 Å². The number of hydrogen-bond acceptors (Lipinski definition) is 9. The van der Waals surface area contributed by atoms with E-state index in [0.29, 0.717) is 24.5 Å². The summed E-state index contributed by atoms with van der Waals surface area (Å²) in [6, 6.07) is 5.06. The molecule has 3 atom stereocenters. The molecule has 1 spiro atoms. The molecule has 38 heavy (non-hydrogen) atoms. The lowest BCUT2D eigenvalue weighted by atomic mass is 9.66. The Morgan fingerprint density at radius 3 is 2.53 bits per heavy atom. The summed E-state index contributed by atoms with van der Waals surface area (Å²) in [5.41, 5.74) is 1.45. The van der Waals surface area contributed by atoms with E-state index in [1.54, 1.807) is 18.3 Å². The van der Waals surface area contributed by atoms with Crippen molar-refractivity contribution in [1.82, 2.24) is 19.9 Å². The lowest BCUT2D eigenvalue weighted by Crippen LogP contribution is -2.64. The standard InChI is InChI=1S/C26H32FN7O3S/c1-17-13-33(24(35)25(3,14-27)38(4,36)37)18(2)12-32(17)22-21-23(31-16-30-22)34(15-26(21)7-5-8-26)20-10-19(11-28)6-9-29-20/h6,9-10,16-18H,5,7-8,12-15H2,1-4H3/t17-,18+,25+/m0/s1. The Balaban J connectivity index is 1.50. The Morgan fingerprint density at radius 1 is 1.21 bits per heavy atom. The molecule has 4 heterocycles. The minimum absolute atomic E-state index is 0.130. The van der Waals surface area contributed by atoms with Gasteiger partial charge in [0.05, 0.1) is 11.6 Å². The Morgan fingerprint density at radius 2 is 1.92 bits per heavy atom. The fraction of sp³-hybridized carbons (Fsp3) is 0.577. The van der Waals surface area contributed by atoms with Gasteiger partial charge in [-0.1, -0.05) is 6.42 Å². The van der Waals surface area contributed by atoms with Gasteiger partial charge in [-0.25, -0.2) is 27.8 Å². The number of anilines is 3. The summed E-state index contributed by atoms with van der Waals surface area (Å²) in [4.78, 5) is 32.9. The van der Waals surface area contributed by atoms with Crippen molar-refractivity contribution >= 4 is 33.2 Å². The van der Waals surface area contributed by atoms with E-state index in [0.717, 1.165) is 49.6 Å². The van der Waals surface area contributed by atoms with Gasteiger partial charge in [-0.2, -0.15) is 5.26 Å². The molecule has 0 aromatic carbocycles. The van der Waals surface area contributed by atoms with Gasteiger partial charge in [0.25, 0.3) is 0 Å². The molecule has 1 amide bonds. The first-order chi connectivity index (χ1) is 18.0. The summed E-state index contributed by atoms with van der Waals surface area (Å²) in [5, 5.41) is 9.39. The number of piperazine rings is 1. The number of sulfone groups is 1. The van der Waals surface area contributed by atoms with Crippen LogP contribution < -0.4 is 9.80 Å². The summed E-state index contributed by atoms with van der Waals surface area (Å²) in [6.07, 6.45) is 7.13.